The zero-order valence-electron chi connectivity index (χ0n) is 20.9. The molecule has 0 aromatic carbocycles. The van der Waals surface area contributed by atoms with Crippen molar-refractivity contribution in [1.29, 1.82) is 0 Å². The molecule has 186 valence electrons. The van der Waals surface area contributed by atoms with Crippen molar-refractivity contribution in [2.45, 2.75) is 129 Å². The Balaban J connectivity index is 1.74. The Labute approximate surface area is 195 Å². The zero-order chi connectivity index (χ0) is 23.4. The molecule has 4 atom stereocenters. The third kappa shape index (κ3) is 9.38. The first-order chi connectivity index (χ1) is 15.4. The molecule has 6 nitrogen and oxygen atoms in total. The Kier molecular flexibility index (Phi) is 12.0. The summed E-state index contributed by atoms with van der Waals surface area (Å²) in [6.07, 6.45) is 12.6. The maximum atomic E-state index is 12.2. The van der Waals surface area contributed by atoms with Gasteiger partial charge in [-0.1, -0.05) is 65.2 Å². The summed E-state index contributed by atoms with van der Waals surface area (Å²) in [4.78, 5) is 24.3. The van der Waals surface area contributed by atoms with Gasteiger partial charge in [0.1, 0.15) is 0 Å². The number of carbonyl (C=O) groups excluding carboxylic acids is 2. The number of hydrogen-bond acceptors (Lipinski definition) is 6. The van der Waals surface area contributed by atoms with Crippen LogP contribution in [-0.4, -0.2) is 43.1 Å². The third-order valence-electron chi connectivity index (χ3n) is 6.58. The maximum Gasteiger partial charge on any atom is 0.305 e. The predicted octanol–water partition coefficient (Wildman–Crippen LogP) is 5.95. The first-order valence-electron chi connectivity index (χ1n) is 13.0. The van der Waals surface area contributed by atoms with Crippen molar-refractivity contribution in [1.82, 2.24) is 0 Å². The van der Waals surface area contributed by atoms with Crippen molar-refractivity contribution >= 4 is 11.9 Å². The molecule has 32 heavy (non-hydrogen) atoms. The van der Waals surface area contributed by atoms with Gasteiger partial charge < -0.3 is 18.9 Å². The van der Waals surface area contributed by atoms with E-state index in [0.29, 0.717) is 26.1 Å². The Bertz CT molecular complexity index is 515. The quantitative estimate of drug-likeness (QED) is 0.212. The van der Waals surface area contributed by atoms with Gasteiger partial charge in [0.15, 0.2) is 5.79 Å². The Morgan fingerprint density at radius 1 is 0.719 bits per heavy atom. The fraction of sp³-hybridized carbons (Fsp3) is 0.923. The minimum atomic E-state index is -0.668. The fourth-order valence-electron chi connectivity index (χ4n) is 4.82. The van der Waals surface area contributed by atoms with E-state index in [1.165, 1.54) is 38.5 Å². The molecular formula is C26H46O6. The van der Waals surface area contributed by atoms with Gasteiger partial charge in [-0.25, -0.2) is 0 Å². The van der Waals surface area contributed by atoms with E-state index in [4.69, 9.17) is 18.9 Å². The van der Waals surface area contributed by atoms with Gasteiger partial charge in [0.25, 0.3) is 0 Å². The van der Waals surface area contributed by atoms with Crippen LogP contribution in [0.1, 0.15) is 111 Å². The van der Waals surface area contributed by atoms with Crippen molar-refractivity contribution in [2.75, 3.05) is 13.2 Å². The summed E-state index contributed by atoms with van der Waals surface area (Å²) in [5.74, 6) is -0.783. The number of esters is 2. The minimum Gasteiger partial charge on any atom is -0.465 e. The molecule has 0 N–H and O–H groups in total. The lowest BCUT2D eigenvalue weighted by Crippen LogP contribution is -2.29. The summed E-state index contributed by atoms with van der Waals surface area (Å²) < 4.78 is 23.4. The molecule has 2 rings (SSSR count). The fourth-order valence-corrected chi connectivity index (χ4v) is 4.82. The van der Waals surface area contributed by atoms with Crippen LogP contribution in [0.4, 0.5) is 0 Å². The number of rotatable bonds is 16. The summed E-state index contributed by atoms with van der Waals surface area (Å²) in [7, 11) is 0. The SMILES string of the molecule is CCCCCCCC(=O)OC[C@H]1C[C@@H](COC(=O)CCCCCCC)[C@@H]2OC(C)(C)O[C@H]12. The number of fused-ring (bicyclic) bond motifs is 1. The van der Waals surface area contributed by atoms with E-state index in [9.17, 15) is 9.59 Å². The molecule has 0 bridgehead atoms. The highest BCUT2D eigenvalue weighted by molar-refractivity contribution is 5.69. The largest absolute Gasteiger partial charge is 0.465 e. The van der Waals surface area contributed by atoms with E-state index in [-0.39, 0.29) is 36.0 Å². The third-order valence-corrected chi connectivity index (χ3v) is 6.58. The van der Waals surface area contributed by atoms with E-state index in [1.54, 1.807) is 0 Å². The first kappa shape index (κ1) is 27.1. The molecule has 0 unspecified atom stereocenters. The molecule has 0 aromatic rings. The predicted molar refractivity (Wildman–Crippen MR) is 124 cm³/mol. The summed E-state index contributed by atoms with van der Waals surface area (Å²) in [6.45, 7) is 8.87. The van der Waals surface area contributed by atoms with Crippen LogP contribution in [0.3, 0.4) is 0 Å². The van der Waals surface area contributed by atoms with E-state index < -0.39 is 5.79 Å². The van der Waals surface area contributed by atoms with Crippen LogP contribution in [-0.2, 0) is 28.5 Å². The normalized spacial score (nSPS) is 26.1. The maximum absolute atomic E-state index is 12.2. The molecule has 0 spiro atoms. The topological polar surface area (TPSA) is 71.1 Å². The van der Waals surface area contributed by atoms with Gasteiger partial charge >= 0.3 is 11.9 Å². The van der Waals surface area contributed by atoms with Crippen LogP contribution in [0.5, 0.6) is 0 Å². The van der Waals surface area contributed by atoms with Gasteiger partial charge in [0.05, 0.1) is 25.4 Å². The second-order valence-corrected chi connectivity index (χ2v) is 10.0. The Morgan fingerprint density at radius 3 is 1.53 bits per heavy atom. The van der Waals surface area contributed by atoms with E-state index >= 15 is 0 Å². The van der Waals surface area contributed by atoms with Crippen LogP contribution >= 0.6 is 0 Å². The van der Waals surface area contributed by atoms with E-state index in [0.717, 1.165) is 32.1 Å². The average molecular weight is 455 g/mol. The molecule has 1 aliphatic heterocycles. The van der Waals surface area contributed by atoms with Crippen LogP contribution in [0.2, 0.25) is 0 Å². The van der Waals surface area contributed by atoms with Crippen LogP contribution in [0.25, 0.3) is 0 Å². The molecule has 0 radical (unpaired) electrons. The summed E-state index contributed by atoms with van der Waals surface area (Å²) >= 11 is 0. The van der Waals surface area contributed by atoms with Crippen molar-refractivity contribution in [3.05, 3.63) is 0 Å². The minimum absolute atomic E-state index is 0.0727. The zero-order valence-corrected chi connectivity index (χ0v) is 20.9. The molecule has 1 saturated heterocycles. The van der Waals surface area contributed by atoms with Gasteiger partial charge in [0.2, 0.25) is 0 Å². The van der Waals surface area contributed by atoms with Crippen molar-refractivity contribution < 1.29 is 28.5 Å². The van der Waals surface area contributed by atoms with Crippen LogP contribution < -0.4 is 0 Å². The highest BCUT2D eigenvalue weighted by Crippen LogP contribution is 2.45. The molecule has 1 saturated carbocycles. The summed E-state index contributed by atoms with van der Waals surface area (Å²) in [5, 5.41) is 0. The number of ether oxygens (including phenoxy) is 4. The van der Waals surface area contributed by atoms with Crippen LogP contribution in [0.15, 0.2) is 0 Å². The molecule has 0 aromatic heterocycles. The average Bonchev–Trinajstić information content (AvgIpc) is 3.23. The number of hydrogen-bond donors (Lipinski definition) is 0. The van der Waals surface area contributed by atoms with Gasteiger partial charge in [0, 0.05) is 24.7 Å². The lowest BCUT2D eigenvalue weighted by Gasteiger charge is -2.23. The molecular weight excluding hydrogens is 408 g/mol. The van der Waals surface area contributed by atoms with Gasteiger partial charge in [-0.05, 0) is 33.1 Å². The Hall–Kier alpha value is -1.14. The second-order valence-electron chi connectivity index (χ2n) is 10.0. The highest BCUT2D eigenvalue weighted by Gasteiger charge is 2.54. The number of carbonyl (C=O) groups is 2. The monoisotopic (exact) mass is 454 g/mol. The highest BCUT2D eigenvalue weighted by atomic mass is 16.8. The molecule has 0 amide bonds. The Morgan fingerprint density at radius 2 is 1.12 bits per heavy atom. The molecule has 2 fully saturated rings. The van der Waals surface area contributed by atoms with Crippen LogP contribution in [0, 0.1) is 11.8 Å². The first-order valence-corrected chi connectivity index (χ1v) is 13.0. The standard InChI is InChI=1S/C26H46O6/c1-5-7-9-11-13-15-22(27)29-18-20-17-21(25-24(20)31-26(3,4)32-25)19-30-23(28)16-14-12-10-8-6-2/h20-21,24-25H,5-19H2,1-4H3/t20-,21+,24-,25+. The van der Waals surface area contributed by atoms with Crippen molar-refractivity contribution in [3.8, 4) is 0 Å². The number of unbranched alkanes of at least 4 members (excludes halogenated alkanes) is 8. The molecule has 1 heterocycles. The van der Waals surface area contributed by atoms with Crippen molar-refractivity contribution in [3.63, 3.8) is 0 Å². The lowest BCUT2D eigenvalue weighted by molar-refractivity contribution is -0.168. The lowest BCUT2D eigenvalue weighted by atomic mass is 10.1. The molecule has 6 heteroatoms. The van der Waals surface area contributed by atoms with Crippen molar-refractivity contribution in [2.24, 2.45) is 11.8 Å². The van der Waals surface area contributed by atoms with E-state index in [1.807, 2.05) is 13.8 Å². The van der Waals surface area contributed by atoms with Gasteiger partial charge in [-0.2, -0.15) is 0 Å². The second kappa shape index (κ2) is 14.2. The van der Waals surface area contributed by atoms with Gasteiger partial charge in [-0.3, -0.25) is 9.59 Å². The summed E-state index contributed by atoms with van der Waals surface area (Å²) in [5.41, 5.74) is 0. The molecule has 1 aliphatic carbocycles. The smallest absolute Gasteiger partial charge is 0.305 e. The van der Waals surface area contributed by atoms with E-state index in [2.05, 4.69) is 13.8 Å². The molecule has 2 aliphatic rings. The summed E-state index contributed by atoms with van der Waals surface area (Å²) in [6, 6.07) is 0. The van der Waals surface area contributed by atoms with Gasteiger partial charge in [-0.15, -0.1) is 0 Å².